The molecule has 7 heteroatoms. The van der Waals surface area contributed by atoms with Crippen LogP contribution in [0, 0.1) is 0 Å². The molecule has 6 nitrogen and oxygen atoms in total. The number of rotatable bonds is 7. The molecule has 0 N–H and O–H groups in total. The third-order valence-electron chi connectivity index (χ3n) is 4.10. The van der Waals surface area contributed by atoms with E-state index in [0.717, 1.165) is 21.3 Å². The van der Waals surface area contributed by atoms with Gasteiger partial charge >= 0.3 is 181 Å². The summed E-state index contributed by atoms with van der Waals surface area (Å²) in [5.41, 5.74) is 2.98. The van der Waals surface area contributed by atoms with Crippen molar-refractivity contribution in [2.24, 2.45) is 0 Å². The molecule has 0 aliphatic carbocycles. The van der Waals surface area contributed by atoms with Crippen LogP contribution in [0.15, 0.2) is 84.0 Å². The van der Waals surface area contributed by atoms with Gasteiger partial charge in [0.25, 0.3) is 0 Å². The summed E-state index contributed by atoms with van der Waals surface area (Å²) in [5, 5.41) is 4.44. The van der Waals surface area contributed by atoms with Gasteiger partial charge in [0.2, 0.25) is 0 Å². The van der Waals surface area contributed by atoms with Crippen LogP contribution < -0.4 is 0 Å². The van der Waals surface area contributed by atoms with Gasteiger partial charge in [-0.15, -0.1) is 0 Å². The molecule has 0 unspecified atom stereocenters. The van der Waals surface area contributed by atoms with E-state index in [2.05, 4.69) is 5.10 Å². The number of hydrogen-bond donors (Lipinski definition) is 0. The van der Waals surface area contributed by atoms with Gasteiger partial charge in [-0.25, -0.2) is 0 Å². The molecule has 30 heavy (non-hydrogen) atoms. The van der Waals surface area contributed by atoms with E-state index in [1.54, 1.807) is 16.9 Å². The molecule has 1 heterocycles. The van der Waals surface area contributed by atoms with Gasteiger partial charge in [-0.3, -0.25) is 0 Å². The fourth-order valence-electron chi connectivity index (χ4n) is 2.70. The average molecular weight is 467 g/mol. The van der Waals surface area contributed by atoms with Gasteiger partial charge in [-0.1, -0.05) is 0 Å². The van der Waals surface area contributed by atoms with Crippen molar-refractivity contribution in [3.05, 3.63) is 101 Å². The maximum absolute atomic E-state index is 11.9. The Bertz CT molecular complexity index is 1070. The van der Waals surface area contributed by atoms with Gasteiger partial charge in [-0.05, 0) is 0 Å². The third kappa shape index (κ3) is 5.14. The first-order valence-corrected chi connectivity index (χ1v) is 10.9. The minimum absolute atomic E-state index is 0.218. The Balaban J connectivity index is 2.20. The molecule has 2 aromatic carbocycles. The van der Waals surface area contributed by atoms with E-state index in [-0.39, 0.29) is 20.7 Å². The van der Waals surface area contributed by atoms with Crippen LogP contribution in [-0.2, 0) is 14.3 Å². The maximum atomic E-state index is 11.9. The van der Waals surface area contributed by atoms with Crippen molar-refractivity contribution in [1.82, 2.24) is 9.78 Å². The number of methoxy groups -OCH3 is 2. The second-order valence-electron chi connectivity index (χ2n) is 5.99. The molecule has 0 amide bonds. The number of benzene rings is 2. The summed E-state index contributed by atoms with van der Waals surface area (Å²) in [4.78, 5) is 25.3. The third-order valence-corrected chi connectivity index (χ3v) is 6.07. The first-order valence-electron chi connectivity index (χ1n) is 9.04. The summed E-state index contributed by atoms with van der Waals surface area (Å²) in [6.07, 6.45) is 3.16. The standard InChI is InChI=1S/C23H20N2O4Se/c1-28-20(26)14-16-30-22(18-11-7-4-8-12-18)21(17-9-5-3-6-10-17)25-15-13-19(24-25)23(27)29-2/h3-16H,1-2H3/b16-14-,22-21+. The topological polar surface area (TPSA) is 70.4 Å². The molecule has 0 bridgehead atoms. The van der Waals surface area contributed by atoms with Crippen molar-refractivity contribution in [2.45, 2.75) is 0 Å². The Kier molecular flexibility index (Phi) is 7.38. The zero-order valence-electron chi connectivity index (χ0n) is 16.5. The van der Waals surface area contributed by atoms with Gasteiger partial charge in [0.15, 0.2) is 0 Å². The van der Waals surface area contributed by atoms with Crippen molar-refractivity contribution < 1.29 is 19.1 Å². The van der Waals surface area contributed by atoms with Crippen molar-refractivity contribution in [1.29, 1.82) is 0 Å². The number of ether oxygens (including phenoxy) is 2. The van der Waals surface area contributed by atoms with E-state index in [0.29, 0.717) is 0 Å². The van der Waals surface area contributed by atoms with Crippen LogP contribution in [0.4, 0.5) is 0 Å². The van der Waals surface area contributed by atoms with Crippen molar-refractivity contribution in [3.8, 4) is 0 Å². The first-order chi connectivity index (χ1) is 14.6. The Hall–Kier alpha value is -3.41. The predicted molar refractivity (Wildman–Crippen MR) is 116 cm³/mol. The molecular weight excluding hydrogens is 447 g/mol. The number of esters is 2. The summed E-state index contributed by atoms with van der Waals surface area (Å²) >= 11 is -0.224. The number of carbonyl (C=O) groups is 2. The summed E-state index contributed by atoms with van der Waals surface area (Å²) in [6.45, 7) is 0. The van der Waals surface area contributed by atoms with Gasteiger partial charge in [0.05, 0.1) is 0 Å². The van der Waals surface area contributed by atoms with Crippen LogP contribution in [0.2, 0.25) is 0 Å². The molecule has 0 aliphatic heterocycles. The molecule has 3 rings (SSSR count). The SMILES string of the molecule is COC(=O)/C=C\[Se]/C(=C(\c1ccccc1)n1ccc(C(=O)OC)n1)c1ccccc1. The molecule has 0 fully saturated rings. The van der Waals surface area contributed by atoms with Crippen LogP contribution >= 0.6 is 0 Å². The van der Waals surface area contributed by atoms with E-state index in [1.807, 2.05) is 65.6 Å². The number of hydrogen-bond acceptors (Lipinski definition) is 5. The Labute approximate surface area is 181 Å². The van der Waals surface area contributed by atoms with Crippen molar-refractivity contribution in [3.63, 3.8) is 0 Å². The van der Waals surface area contributed by atoms with Gasteiger partial charge in [0.1, 0.15) is 0 Å². The fourth-order valence-corrected chi connectivity index (χ4v) is 4.61. The van der Waals surface area contributed by atoms with E-state index in [9.17, 15) is 9.59 Å². The minimum atomic E-state index is -0.501. The zero-order chi connectivity index (χ0) is 21.3. The van der Waals surface area contributed by atoms with Gasteiger partial charge in [0, 0.05) is 0 Å². The average Bonchev–Trinajstić information content (AvgIpc) is 3.28. The molecule has 0 spiro atoms. The second-order valence-corrected chi connectivity index (χ2v) is 7.91. The van der Waals surface area contributed by atoms with Crippen LogP contribution in [-0.4, -0.2) is 50.9 Å². The first kappa shape index (κ1) is 21.3. The van der Waals surface area contributed by atoms with Crippen molar-refractivity contribution in [2.75, 3.05) is 14.2 Å². The van der Waals surface area contributed by atoms with E-state index in [4.69, 9.17) is 9.47 Å². The van der Waals surface area contributed by atoms with Crippen molar-refractivity contribution >= 4 is 37.1 Å². The Morgan fingerprint density at radius 2 is 1.53 bits per heavy atom. The molecule has 0 saturated carbocycles. The Morgan fingerprint density at radius 3 is 2.13 bits per heavy atom. The second kappa shape index (κ2) is 10.4. The predicted octanol–water partition coefficient (Wildman–Crippen LogP) is 3.43. The molecular formula is C23H20N2O4Se. The summed E-state index contributed by atoms with van der Waals surface area (Å²) < 4.78 is 12.2. The molecule has 1 aromatic heterocycles. The summed E-state index contributed by atoms with van der Waals surface area (Å²) in [7, 11) is 2.67. The molecule has 0 radical (unpaired) electrons. The monoisotopic (exact) mass is 468 g/mol. The van der Waals surface area contributed by atoms with E-state index >= 15 is 0 Å². The normalized spacial score (nSPS) is 11.8. The van der Waals surface area contributed by atoms with Crippen LogP contribution in [0.5, 0.6) is 0 Å². The van der Waals surface area contributed by atoms with Gasteiger partial charge < -0.3 is 0 Å². The van der Waals surface area contributed by atoms with Crippen LogP contribution in [0.1, 0.15) is 21.6 Å². The number of aromatic nitrogens is 2. The number of carbonyl (C=O) groups excluding carboxylic acids is 2. The summed E-state index contributed by atoms with van der Waals surface area (Å²) in [5.74, 6) is -0.906. The molecule has 0 atom stereocenters. The quantitative estimate of drug-likeness (QED) is 0.231. The molecule has 0 saturated heterocycles. The van der Waals surface area contributed by atoms with E-state index < -0.39 is 11.9 Å². The van der Waals surface area contributed by atoms with E-state index in [1.165, 1.54) is 20.3 Å². The fraction of sp³-hybridized carbons (Fsp3) is 0.0870. The van der Waals surface area contributed by atoms with Crippen LogP contribution in [0.3, 0.4) is 0 Å². The molecule has 0 aliphatic rings. The number of nitrogens with zero attached hydrogens (tertiary/aromatic N) is 2. The molecule has 152 valence electrons. The van der Waals surface area contributed by atoms with Crippen LogP contribution in [0.25, 0.3) is 10.2 Å². The molecule has 3 aromatic rings. The van der Waals surface area contributed by atoms with Gasteiger partial charge in [-0.2, -0.15) is 0 Å². The summed E-state index contributed by atoms with van der Waals surface area (Å²) in [6, 6.07) is 21.3. The zero-order valence-corrected chi connectivity index (χ0v) is 18.2. The Morgan fingerprint density at radius 1 is 0.900 bits per heavy atom.